The van der Waals surface area contributed by atoms with Crippen molar-refractivity contribution in [1.29, 1.82) is 0 Å². The van der Waals surface area contributed by atoms with Gasteiger partial charge in [-0.3, -0.25) is 4.79 Å². The molecule has 2 heterocycles. The van der Waals surface area contributed by atoms with E-state index in [1.807, 2.05) is 26.0 Å². The number of rotatable bonds is 5. The number of halogens is 1. The monoisotopic (exact) mass is 388 g/mol. The summed E-state index contributed by atoms with van der Waals surface area (Å²) in [5.41, 5.74) is 3.60. The smallest absolute Gasteiger partial charge is 0.355 e. The maximum atomic E-state index is 13.0. The molecule has 2 aromatic rings. The van der Waals surface area contributed by atoms with Crippen molar-refractivity contribution in [3.8, 4) is 0 Å². The minimum Gasteiger partial charge on any atom is -0.476 e. The van der Waals surface area contributed by atoms with Gasteiger partial charge in [0.05, 0.1) is 18.8 Å². The Labute approximate surface area is 162 Å². The van der Waals surface area contributed by atoms with E-state index >= 15 is 0 Å². The van der Waals surface area contributed by atoms with Crippen LogP contribution in [0.5, 0.6) is 0 Å². The first-order valence-electron chi connectivity index (χ1n) is 8.91. The average Bonchev–Trinajstić information content (AvgIpc) is 2.67. The molecule has 0 aliphatic carbocycles. The highest BCUT2D eigenvalue weighted by molar-refractivity contribution is 6.32. The van der Waals surface area contributed by atoms with Crippen molar-refractivity contribution in [2.24, 2.45) is 0 Å². The predicted octanol–water partition coefficient (Wildman–Crippen LogP) is 3.88. The molecule has 0 unspecified atom stereocenters. The first-order valence-corrected chi connectivity index (χ1v) is 9.29. The normalized spacial score (nSPS) is 13.1. The number of amides is 1. The SMILES string of the molecule is CCc1ccc(Cl)c(CC)c1NC(=O)c1cc2c(nc1C(=O)O)CCOC2. The summed E-state index contributed by atoms with van der Waals surface area (Å²) in [5, 5.41) is 13.0. The fourth-order valence-corrected chi connectivity index (χ4v) is 3.56. The van der Waals surface area contributed by atoms with E-state index < -0.39 is 11.9 Å². The summed E-state index contributed by atoms with van der Waals surface area (Å²) in [4.78, 5) is 28.9. The van der Waals surface area contributed by atoms with Crippen LogP contribution in [0.4, 0.5) is 5.69 Å². The van der Waals surface area contributed by atoms with Gasteiger partial charge in [-0.1, -0.05) is 31.5 Å². The van der Waals surface area contributed by atoms with Crippen LogP contribution in [0.2, 0.25) is 5.02 Å². The first-order chi connectivity index (χ1) is 13.0. The minimum atomic E-state index is -1.23. The van der Waals surface area contributed by atoms with E-state index in [0.29, 0.717) is 48.9 Å². The van der Waals surface area contributed by atoms with Crippen molar-refractivity contribution in [3.05, 3.63) is 56.9 Å². The number of carboxylic acid groups (broad SMARTS) is 1. The Morgan fingerprint density at radius 3 is 2.74 bits per heavy atom. The molecule has 1 aromatic carbocycles. The van der Waals surface area contributed by atoms with Crippen LogP contribution in [0.15, 0.2) is 18.2 Å². The largest absolute Gasteiger partial charge is 0.476 e. The van der Waals surface area contributed by atoms with Gasteiger partial charge in [-0.2, -0.15) is 0 Å². The van der Waals surface area contributed by atoms with E-state index in [1.54, 1.807) is 6.07 Å². The summed E-state index contributed by atoms with van der Waals surface area (Å²) in [7, 11) is 0. The molecule has 0 atom stereocenters. The Morgan fingerprint density at radius 1 is 1.30 bits per heavy atom. The van der Waals surface area contributed by atoms with E-state index in [1.165, 1.54) is 0 Å². The quantitative estimate of drug-likeness (QED) is 0.811. The number of aromatic carboxylic acids is 1. The number of carbonyl (C=O) groups is 2. The molecule has 1 aromatic heterocycles. The number of hydrogen-bond acceptors (Lipinski definition) is 4. The van der Waals surface area contributed by atoms with Crippen LogP contribution in [0.25, 0.3) is 0 Å². The van der Waals surface area contributed by atoms with Gasteiger partial charge in [0.2, 0.25) is 0 Å². The highest BCUT2D eigenvalue weighted by atomic mass is 35.5. The van der Waals surface area contributed by atoms with Crippen molar-refractivity contribution in [2.75, 3.05) is 11.9 Å². The Balaban J connectivity index is 2.05. The number of hydrogen-bond donors (Lipinski definition) is 2. The fraction of sp³-hybridized carbons (Fsp3) is 0.350. The van der Waals surface area contributed by atoms with E-state index in [0.717, 1.165) is 16.7 Å². The number of carbonyl (C=O) groups excluding carboxylic acids is 1. The third-order valence-electron chi connectivity index (χ3n) is 4.69. The van der Waals surface area contributed by atoms with Gasteiger partial charge in [0.25, 0.3) is 5.91 Å². The number of ether oxygens (including phenoxy) is 1. The summed E-state index contributed by atoms with van der Waals surface area (Å²) in [6.45, 7) is 4.75. The zero-order valence-corrected chi connectivity index (χ0v) is 16.0. The average molecular weight is 389 g/mol. The third kappa shape index (κ3) is 3.82. The number of aryl methyl sites for hydroxylation is 1. The lowest BCUT2D eigenvalue weighted by Gasteiger charge is -2.19. The lowest BCUT2D eigenvalue weighted by atomic mass is 10.0. The molecule has 0 radical (unpaired) electrons. The van der Waals surface area contributed by atoms with Crippen LogP contribution >= 0.6 is 11.6 Å². The van der Waals surface area contributed by atoms with E-state index in [-0.39, 0.29) is 11.3 Å². The van der Waals surface area contributed by atoms with Gasteiger partial charge in [0.15, 0.2) is 5.69 Å². The van der Waals surface area contributed by atoms with Crippen LogP contribution in [0, 0.1) is 0 Å². The maximum absolute atomic E-state index is 13.0. The van der Waals surface area contributed by atoms with Gasteiger partial charge >= 0.3 is 5.97 Å². The highest BCUT2D eigenvalue weighted by Crippen LogP contribution is 2.30. The lowest BCUT2D eigenvalue weighted by Crippen LogP contribution is -2.23. The molecule has 142 valence electrons. The Kier molecular flexibility index (Phi) is 5.77. The van der Waals surface area contributed by atoms with Gasteiger partial charge in [0, 0.05) is 28.4 Å². The van der Waals surface area contributed by atoms with Gasteiger partial charge in [-0.05, 0) is 36.1 Å². The molecule has 1 amide bonds. The minimum absolute atomic E-state index is 0.0239. The number of benzene rings is 1. The zero-order chi connectivity index (χ0) is 19.6. The number of pyridine rings is 1. The summed E-state index contributed by atoms with van der Waals surface area (Å²) < 4.78 is 5.40. The molecule has 27 heavy (non-hydrogen) atoms. The topological polar surface area (TPSA) is 88.5 Å². The molecule has 2 N–H and O–H groups in total. The van der Waals surface area contributed by atoms with E-state index in [9.17, 15) is 14.7 Å². The van der Waals surface area contributed by atoms with Crippen LogP contribution in [0.3, 0.4) is 0 Å². The van der Waals surface area contributed by atoms with Crippen molar-refractivity contribution in [1.82, 2.24) is 4.98 Å². The molecule has 0 bridgehead atoms. The van der Waals surface area contributed by atoms with Crippen molar-refractivity contribution < 1.29 is 19.4 Å². The molecule has 3 rings (SSSR count). The van der Waals surface area contributed by atoms with Crippen LogP contribution in [-0.4, -0.2) is 28.6 Å². The number of nitrogens with one attached hydrogen (secondary N) is 1. The second kappa shape index (κ2) is 8.06. The lowest BCUT2D eigenvalue weighted by molar-refractivity contribution is 0.0683. The van der Waals surface area contributed by atoms with Gasteiger partial charge < -0.3 is 15.2 Å². The zero-order valence-electron chi connectivity index (χ0n) is 15.3. The van der Waals surface area contributed by atoms with E-state index in [2.05, 4.69) is 10.3 Å². The number of aromatic nitrogens is 1. The Morgan fingerprint density at radius 2 is 2.07 bits per heavy atom. The van der Waals surface area contributed by atoms with Gasteiger partial charge in [0.1, 0.15) is 0 Å². The third-order valence-corrected chi connectivity index (χ3v) is 5.05. The second-order valence-corrected chi connectivity index (χ2v) is 6.73. The van der Waals surface area contributed by atoms with Crippen LogP contribution < -0.4 is 5.32 Å². The number of fused-ring (bicyclic) bond motifs is 1. The van der Waals surface area contributed by atoms with Gasteiger partial charge in [-0.15, -0.1) is 0 Å². The summed E-state index contributed by atoms with van der Waals surface area (Å²) in [5.74, 6) is -1.74. The Hall–Kier alpha value is -2.44. The molecule has 6 nitrogen and oxygen atoms in total. The summed E-state index contributed by atoms with van der Waals surface area (Å²) in [6, 6.07) is 5.26. The number of carboxylic acids is 1. The van der Waals surface area contributed by atoms with Crippen LogP contribution in [-0.2, 0) is 30.6 Å². The highest BCUT2D eigenvalue weighted by Gasteiger charge is 2.24. The summed E-state index contributed by atoms with van der Waals surface area (Å²) in [6.07, 6.45) is 1.89. The predicted molar refractivity (Wildman–Crippen MR) is 103 cm³/mol. The fourth-order valence-electron chi connectivity index (χ4n) is 3.27. The molecular formula is C20H21ClN2O4. The van der Waals surface area contributed by atoms with Gasteiger partial charge in [-0.25, -0.2) is 9.78 Å². The van der Waals surface area contributed by atoms with Crippen molar-refractivity contribution >= 4 is 29.2 Å². The molecule has 7 heteroatoms. The Bertz CT molecular complexity index is 911. The molecule has 0 saturated carbocycles. The standard InChI is InChI=1S/C20H21ClN2O4/c1-3-11-5-6-15(21)13(4-2)17(11)23-19(24)14-9-12-10-27-8-7-16(12)22-18(14)20(25)26/h5-6,9H,3-4,7-8,10H2,1-2H3,(H,23,24)(H,25,26). The number of anilines is 1. The molecule has 1 aliphatic rings. The van der Waals surface area contributed by atoms with Crippen molar-refractivity contribution in [2.45, 2.75) is 39.7 Å². The van der Waals surface area contributed by atoms with Crippen molar-refractivity contribution in [3.63, 3.8) is 0 Å². The summed E-state index contributed by atoms with van der Waals surface area (Å²) >= 11 is 6.29. The molecule has 0 saturated heterocycles. The number of nitrogens with zero attached hydrogens (tertiary/aromatic N) is 1. The molecule has 0 fully saturated rings. The van der Waals surface area contributed by atoms with Crippen LogP contribution in [0.1, 0.15) is 57.1 Å². The van der Waals surface area contributed by atoms with E-state index in [4.69, 9.17) is 16.3 Å². The molecular weight excluding hydrogens is 368 g/mol. The first kappa shape index (κ1) is 19.3. The second-order valence-electron chi connectivity index (χ2n) is 6.32. The molecule has 1 aliphatic heterocycles. The maximum Gasteiger partial charge on any atom is 0.355 e. The molecule has 0 spiro atoms.